The number of hydrazone groups is 1. The van der Waals surface area contributed by atoms with Gasteiger partial charge in [0.1, 0.15) is 0 Å². The molecular formula is C16H20ClN3O2. The summed E-state index contributed by atoms with van der Waals surface area (Å²) in [6.07, 6.45) is 6.75. The third-order valence-electron chi connectivity index (χ3n) is 3.67. The van der Waals surface area contributed by atoms with Crippen LogP contribution in [0.4, 0.5) is 0 Å². The van der Waals surface area contributed by atoms with E-state index in [0.29, 0.717) is 5.02 Å². The van der Waals surface area contributed by atoms with E-state index >= 15 is 0 Å². The monoisotopic (exact) mass is 321 g/mol. The van der Waals surface area contributed by atoms with Gasteiger partial charge in [0.05, 0.1) is 12.8 Å². The van der Waals surface area contributed by atoms with Crippen molar-refractivity contribution in [1.82, 2.24) is 10.7 Å². The second kappa shape index (κ2) is 8.54. The first-order valence-electron chi connectivity index (χ1n) is 7.50. The maximum atomic E-state index is 11.9. The van der Waals surface area contributed by atoms with Crippen LogP contribution in [0.15, 0.2) is 29.4 Å². The van der Waals surface area contributed by atoms with Crippen molar-refractivity contribution in [3.8, 4) is 0 Å². The topological polar surface area (TPSA) is 70.6 Å². The molecule has 2 rings (SSSR count). The quantitative estimate of drug-likeness (QED) is 0.646. The van der Waals surface area contributed by atoms with E-state index in [2.05, 4.69) is 15.8 Å². The van der Waals surface area contributed by atoms with Crippen LogP contribution in [0, 0.1) is 5.92 Å². The van der Waals surface area contributed by atoms with Gasteiger partial charge in [-0.05, 0) is 30.5 Å². The van der Waals surface area contributed by atoms with Crippen molar-refractivity contribution >= 4 is 29.6 Å². The molecule has 5 nitrogen and oxygen atoms in total. The number of hydrogen-bond donors (Lipinski definition) is 2. The van der Waals surface area contributed by atoms with Gasteiger partial charge in [0.25, 0.3) is 5.91 Å². The van der Waals surface area contributed by atoms with Crippen LogP contribution < -0.4 is 10.7 Å². The standard InChI is InChI=1S/C16H20ClN3O2/c17-14-8-6-12(7-9-14)10-19-20-15(21)11-18-16(22)13-4-2-1-3-5-13/h6-10,13H,1-5,11H2,(H,18,22)(H,20,21). The van der Waals surface area contributed by atoms with E-state index < -0.39 is 0 Å². The van der Waals surface area contributed by atoms with E-state index in [1.54, 1.807) is 24.3 Å². The molecule has 6 heteroatoms. The van der Waals surface area contributed by atoms with Crippen LogP contribution >= 0.6 is 11.6 Å². The lowest BCUT2D eigenvalue weighted by molar-refractivity contribution is -0.129. The third kappa shape index (κ3) is 5.48. The van der Waals surface area contributed by atoms with Crippen molar-refractivity contribution < 1.29 is 9.59 Å². The zero-order valence-electron chi connectivity index (χ0n) is 12.3. The second-order valence-electron chi connectivity index (χ2n) is 5.40. The lowest BCUT2D eigenvalue weighted by Gasteiger charge is -2.20. The molecule has 1 aliphatic carbocycles. The first kappa shape index (κ1) is 16.5. The highest BCUT2D eigenvalue weighted by Gasteiger charge is 2.21. The van der Waals surface area contributed by atoms with Gasteiger partial charge < -0.3 is 5.32 Å². The molecule has 1 aromatic rings. The number of nitrogens with one attached hydrogen (secondary N) is 2. The van der Waals surface area contributed by atoms with E-state index in [4.69, 9.17) is 11.6 Å². The Hall–Kier alpha value is -1.88. The van der Waals surface area contributed by atoms with Gasteiger partial charge in [-0.3, -0.25) is 9.59 Å². The van der Waals surface area contributed by atoms with Crippen molar-refractivity contribution in [2.45, 2.75) is 32.1 Å². The van der Waals surface area contributed by atoms with Gasteiger partial charge in [0, 0.05) is 10.9 Å². The van der Waals surface area contributed by atoms with E-state index in [0.717, 1.165) is 31.2 Å². The first-order valence-corrected chi connectivity index (χ1v) is 7.88. The lowest BCUT2D eigenvalue weighted by atomic mass is 9.89. The average Bonchev–Trinajstić information content (AvgIpc) is 2.55. The molecule has 0 spiro atoms. The zero-order valence-corrected chi connectivity index (χ0v) is 13.1. The highest BCUT2D eigenvalue weighted by atomic mass is 35.5. The van der Waals surface area contributed by atoms with E-state index in [1.165, 1.54) is 12.6 Å². The van der Waals surface area contributed by atoms with E-state index in [-0.39, 0.29) is 24.3 Å². The Labute approximate surface area is 135 Å². The first-order chi connectivity index (χ1) is 10.6. The maximum Gasteiger partial charge on any atom is 0.259 e. The van der Waals surface area contributed by atoms with Crippen molar-refractivity contribution in [3.63, 3.8) is 0 Å². The molecule has 1 fully saturated rings. The van der Waals surface area contributed by atoms with E-state index in [1.807, 2.05) is 0 Å². The van der Waals surface area contributed by atoms with Gasteiger partial charge in [-0.15, -0.1) is 0 Å². The number of nitrogens with zero attached hydrogens (tertiary/aromatic N) is 1. The summed E-state index contributed by atoms with van der Waals surface area (Å²) < 4.78 is 0. The molecule has 0 aliphatic heterocycles. The molecule has 2 amide bonds. The zero-order chi connectivity index (χ0) is 15.8. The Morgan fingerprint density at radius 3 is 2.55 bits per heavy atom. The normalized spacial score (nSPS) is 15.7. The van der Waals surface area contributed by atoms with Crippen LogP contribution in [0.5, 0.6) is 0 Å². The predicted octanol–water partition coefficient (Wildman–Crippen LogP) is 2.49. The number of amides is 2. The van der Waals surface area contributed by atoms with Crippen molar-refractivity contribution in [1.29, 1.82) is 0 Å². The molecule has 118 valence electrons. The fourth-order valence-corrected chi connectivity index (χ4v) is 2.57. The third-order valence-corrected chi connectivity index (χ3v) is 3.92. The van der Waals surface area contributed by atoms with Crippen LogP contribution in [0.1, 0.15) is 37.7 Å². The molecule has 0 unspecified atom stereocenters. The molecule has 1 saturated carbocycles. The molecular weight excluding hydrogens is 302 g/mol. The van der Waals surface area contributed by atoms with Gasteiger partial charge in [-0.25, -0.2) is 5.43 Å². The summed E-state index contributed by atoms with van der Waals surface area (Å²) in [6, 6.07) is 7.08. The molecule has 0 aromatic heterocycles. The number of carbonyl (C=O) groups is 2. The van der Waals surface area contributed by atoms with Gasteiger partial charge in [-0.1, -0.05) is 43.0 Å². The summed E-state index contributed by atoms with van der Waals surface area (Å²) in [5.74, 6) is -0.315. The Balaban J connectivity index is 1.69. The summed E-state index contributed by atoms with van der Waals surface area (Å²) in [7, 11) is 0. The van der Waals surface area contributed by atoms with Gasteiger partial charge in [0.2, 0.25) is 5.91 Å². The van der Waals surface area contributed by atoms with Crippen molar-refractivity contribution in [3.05, 3.63) is 34.9 Å². The minimum absolute atomic E-state index is 0.0310. The fourth-order valence-electron chi connectivity index (χ4n) is 2.44. The summed E-state index contributed by atoms with van der Waals surface area (Å²) in [4.78, 5) is 23.5. The number of benzene rings is 1. The fraction of sp³-hybridized carbons (Fsp3) is 0.438. The number of hydrogen-bond acceptors (Lipinski definition) is 3. The largest absolute Gasteiger partial charge is 0.347 e. The SMILES string of the molecule is O=C(CNC(=O)C1CCCCC1)NN=Cc1ccc(Cl)cc1. The molecule has 0 radical (unpaired) electrons. The second-order valence-corrected chi connectivity index (χ2v) is 5.83. The lowest BCUT2D eigenvalue weighted by Crippen LogP contribution is -2.38. The summed E-state index contributed by atoms with van der Waals surface area (Å²) >= 11 is 5.78. The Bertz CT molecular complexity index is 537. The van der Waals surface area contributed by atoms with Crippen LogP contribution in [0.25, 0.3) is 0 Å². The predicted molar refractivity (Wildman–Crippen MR) is 86.8 cm³/mol. The van der Waals surface area contributed by atoms with Crippen LogP contribution in [0.2, 0.25) is 5.02 Å². The van der Waals surface area contributed by atoms with Crippen molar-refractivity contribution in [2.24, 2.45) is 11.0 Å². The summed E-state index contributed by atoms with van der Waals surface area (Å²) in [5.41, 5.74) is 3.22. The summed E-state index contributed by atoms with van der Waals surface area (Å²) in [6.45, 7) is -0.0483. The Kier molecular flexibility index (Phi) is 6.40. The van der Waals surface area contributed by atoms with Crippen LogP contribution in [-0.4, -0.2) is 24.6 Å². The van der Waals surface area contributed by atoms with Crippen LogP contribution in [-0.2, 0) is 9.59 Å². The molecule has 1 aromatic carbocycles. The summed E-state index contributed by atoms with van der Waals surface area (Å²) in [5, 5.41) is 7.15. The molecule has 0 saturated heterocycles. The van der Waals surface area contributed by atoms with Gasteiger partial charge >= 0.3 is 0 Å². The highest BCUT2D eigenvalue weighted by molar-refractivity contribution is 6.30. The van der Waals surface area contributed by atoms with Crippen molar-refractivity contribution in [2.75, 3.05) is 6.54 Å². The number of halogens is 1. The minimum atomic E-state index is -0.339. The average molecular weight is 322 g/mol. The number of rotatable bonds is 5. The highest BCUT2D eigenvalue weighted by Crippen LogP contribution is 2.23. The molecule has 2 N–H and O–H groups in total. The molecule has 0 bridgehead atoms. The maximum absolute atomic E-state index is 11.9. The van der Waals surface area contributed by atoms with Gasteiger partial charge in [-0.2, -0.15) is 5.10 Å². The molecule has 0 heterocycles. The molecule has 22 heavy (non-hydrogen) atoms. The van der Waals surface area contributed by atoms with E-state index in [9.17, 15) is 9.59 Å². The molecule has 0 atom stereocenters. The Morgan fingerprint density at radius 1 is 1.18 bits per heavy atom. The van der Waals surface area contributed by atoms with Gasteiger partial charge in [0.15, 0.2) is 0 Å². The number of carbonyl (C=O) groups excluding carboxylic acids is 2. The molecule has 1 aliphatic rings. The Morgan fingerprint density at radius 2 is 1.86 bits per heavy atom. The van der Waals surface area contributed by atoms with Crippen LogP contribution in [0.3, 0.4) is 0 Å². The minimum Gasteiger partial charge on any atom is -0.347 e. The smallest absolute Gasteiger partial charge is 0.259 e.